The quantitative estimate of drug-likeness (QED) is 0.650. The predicted molar refractivity (Wildman–Crippen MR) is 75.2 cm³/mol. The van der Waals surface area contributed by atoms with Gasteiger partial charge >= 0.3 is 18.1 Å². The second kappa shape index (κ2) is 9.00. The Labute approximate surface area is 129 Å². The Morgan fingerprint density at radius 1 is 1.00 bits per heavy atom. The normalized spacial score (nSPS) is 13.7. The zero-order chi connectivity index (χ0) is 17.5. The molecule has 0 amide bonds. The third-order valence-electron chi connectivity index (χ3n) is 3.10. The molecule has 0 saturated carbocycles. The standard InChI is InChI=1S/C15H25F3O4/c1-9(2)7-11(8-10(3)4)14(15(16,17)18)22-13(21)6-5-12(19)20/h9-11,14H,5-8H2,1-4H3,(H,19,20). The summed E-state index contributed by atoms with van der Waals surface area (Å²) in [7, 11) is 0. The second-order valence-corrected chi connectivity index (χ2v) is 6.36. The molecular weight excluding hydrogens is 301 g/mol. The van der Waals surface area contributed by atoms with Crippen molar-refractivity contribution in [2.45, 2.75) is 65.7 Å². The van der Waals surface area contributed by atoms with E-state index >= 15 is 0 Å². The lowest BCUT2D eigenvalue weighted by molar-refractivity contribution is -0.236. The van der Waals surface area contributed by atoms with E-state index in [1.165, 1.54) is 0 Å². The van der Waals surface area contributed by atoms with E-state index in [1.54, 1.807) is 0 Å². The van der Waals surface area contributed by atoms with E-state index in [0.717, 1.165) is 0 Å². The lowest BCUT2D eigenvalue weighted by Gasteiger charge is -2.31. The molecule has 1 atom stereocenters. The molecule has 0 fully saturated rings. The fraction of sp³-hybridized carbons (Fsp3) is 0.867. The molecule has 1 N–H and O–H groups in total. The molecule has 0 aromatic rings. The van der Waals surface area contributed by atoms with Crippen molar-refractivity contribution in [2.24, 2.45) is 17.8 Å². The van der Waals surface area contributed by atoms with Crippen molar-refractivity contribution in [1.29, 1.82) is 0 Å². The first kappa shape index (κ1) is 20.7. The van der Waals surface area contributed by atoms with Crippen LogP contribution in [0.1, 0.15) is 53.4 Å². The minimum Gasteiger partial charge on any atom is -0.481 e. The molecule has 1 unspecified atom stereocenters. The largest absolute Gasteiger partial charge is 0.481 e. The zero-order valence-corrected chi connectivity index (χ0v) is 13.4. The summed E-state index contributed by atoms with van der Waals surface area (Å²) >= 11 is 0. The molecule has 0 rings (SSSR count). The van der Waals surface area contributed by atoms with E-state index in [0.29, 0.717) is 0 Å². The molecule has 0 spiro atoms. The highest BCUT2D eigenvalue weighted by Gasteiger charge is 2.47. The van der Waals surface area contributed by atoms with Crippen LogP contribution in [-0.4, -0.2) is 29.3 Å². The number of halogens is 3. The van der Waals surface area contributed by atoms with Crippen molar-refractivity contribution in [2.75, 3.05) is 0 Å². The highest BCUT2D eigenvalue weighted by Crippen LogP contribution is 2.35. The Kier molecular flexibility index (Phi) is 8.48. The van der Waals surface area contributed by atoms with Gasteiger partial charge in [-0.2, -0.15) is 13.2 Å². The van der Waals surface area contributed by atoms with Gasteiger partial charge < -0.3 is 9.84 Å². The molecule has 0 aromatic carbocycles. The smallest absolute Gasteiger partial charge is 0.425 e. The Balaban J connectivity index is 5.04. The van der Waals surface area contributed by atoms with Crippen LogP contribution < -0.4 is 0 Å². The van der Waals surface area contributed by atoms with E-state index in [2.05, 4.69) is 4.74 Å². The maximum atomic E-state index is 13.2. The molecule has 22 heavy (non-hydrogen) atoms. The number of aliphatic carboxylic acids is 1. The molecule has 0 saturated heterocycles. The summed E-state index contributed by atoms with van der Waals surface area (Å²) in [6.07, 6.45) is -7.37. The fourth-order valence-electron chi connectivity index (χ4n) is 2.39. The lowest BCUT2D eigenvalue weighted by Crippen LogP contribution is -2.41. The molecular formula is C15H25F3O4. The van der Waals surface area contributed by atoms with Crippen LogP contribution in [0.4, 0.5) is 13.2 Å². The van der Waals surface area contributed by atoms with Crippen molar-refractivity contribution in [1.82, 2.24) is 0 Å². The lowest BCUT2D eigenvalue weighted by atomic mass is 9.85. The summed E-state index contributed by atoms with van der Waals surface area (Å²) in [4.78, 5) is 21.9. The van der Waals surface area contributed by atoms with Gasteiger partial charge in [0.25, 0.3) is 0 Å². The van der Waals surface area contributed by atoms with Gasteiger partial charge in [-0.05, 0) is 24.7 Å². The van der Waals surface area contributed by atoms with Gasteiger partial charge in [0, 0.05) is 5.92 Å². The number of esters is 1. The van der Waals surface area contributed by atoms with Gasteiger partial charge in [-0.3, -0.25) is 9.59 Å². The highest BCUT2D eigenvalue weighted by atomic mass is 19.4. The van der Waals surface area contributed by atoms with Crippen molar-refractivity contribution in [3.63, 3.8) is 0 Å². The summed E-state index contributed by atoms with van der Waals surface area (Å²) in [5.74, 6) is -3.13. The third kappa shape index (κ3) is 8.89. The van der Waals surface area contributed by atoms with Crippen LogP contribution in [0.5, 0.6) is 0 Å². The summed E-state index contributed by atoms with van der Waals surface area (Å²) in [5, 5.41) is 8.47. The number of carboxylic acids is 1. The van der Waals surface area contributed by atoms with Gasteiger partial charge in [0.2, 0.25) is 0 Å². The van der Waals surface area contributed by atoms with E-state index in [-0.39, 0.29) is 24.7 Å². The summed E-state index contributed by atoms with van der Waals surface area (Å²) < 4.78 is 44.3. The Bertz CT molecular complexity index is 354. The Morgan fingerprint density at radius 3 is 1.77 bits per heavy atom. The van der Waals surface area contributed by atoms with Gasteiger partial charge in [-0.1, -0.05) is 27.7 Å². The predicted octanol–water partition coefficient (Wildman–Crippen LogP) is 4.03. The molecule has 0 bridgehead atoms. The van der Waals surface area contributed by atoms with E-state index in [9.17, 15) is 22.8 Å². The van der Waals surface area contributed by atoms with Gasteiger partial charge in [-0.15, -0.1) is 0 Å². The molecule has 7 heteroatoms. The second-order valence-electron chi connectivity index (χ2n) is 6.36. The first-order valence-corrected chi connectivity index (χ1v) is 7.41. The number of carbonyl (C=O) groups excluding carboxylic acids is 1. The van der Waals surface area contributed by atoms with E-state index in [4.69, 9.17) is 5.11 Å². The van der Waals surface area contributed by atoms with Crippen LogP contribution in [-0.2, 0) is 14.3 Å². The maximum Gasteiger partial charge on any atom is 0.425 e. The molecule has 0 heterocycles. The van der Waals surface area contributed by atoms with Crippen molar-refractivity contribution >= 4 is 11.9 Å². The van der Waals surface area contributed by atoms with Crippen LogP contribution >= 0.6 is 0 Å². The SMILES string of the molecule is CC(C)CC(CC(C)C)C(OC(=O)CCC(=O)O)C(F)(F)F. The molecule has 4 nitrogen and oxygen atoms in total. The fourth-order valence-corrected chi connectivity index (χ4v) is 2.39. The topological polar surface area (TPSA) is 63.6 Å². The number of carboxylic acid groups (broad SMARTS) is 1. The van der Waals surface area contributed by atoms with Crippen LogP contribution in [0.3, 0.4) is 0 Å². The molecule has 0 aromatic heterocycles. The van der Waals surface area contributed by atoms with Crippen molar-refractivity contribution < 1.29 is 32.6 Å². The van der Waals surface area contributed by atoms with Gasteiger partial charge in [0.1, 0.15) is 0 Å². The van der Waals surface area contributed by atoms with Crippen molar-refractivity contribution in [3.05, 3.63) is 0 Å². The molecule has 0 radical (unpaired) electrons. The Morgan fingerprint density at radius 2 is 1.45 bits per heavy atom. The third-order valence-corrected chi connectivity index (χ3v) is 3.10. The highest BCUT2D eigenvalue weighted by molar-refractivity contribution is 5.76. The first-order valence-electron chi connectivity index (χ1n) is 7.41. The number of carbonyl (C=O) groups is 2. The average molecular weight is 326 g/mol. The van der Waals surface area contributed by atoms with Gasteiger partial charge in [-0.25, -0.2) is 0 Å². The van der Waals surface area contributed by atoms with E-state index < -0.39 is 43.0 Å². The van der Waals surface area contributed by atoms with E-state index in [1.807, 2.05) is 27.7 Å². The number of hydrogen-bond donors (Lipinski definition) is 1. The number of ether oxygens (including phenoxy) is 1. The van der Waals surface area contributed by atoms with Crippen LogP contribution in [0.15, 0.2) is 0 Å². The number of hydrogen-bond acceptors (Lipinski definition) is 3. The molecule has 0 aliphatic rings. The number of rotatable bonds is 9. The summed E-state index contributed by atoms with van der Waals surface area (Å²) in [5.41, 5.74) is 0. The summed E-state index contributed by atoms with van der Waals surface area (Å²) in [6, 6.07) is 0. The minimum absolute atomic E-state index is 0.0336. The minimum atomic E-state index is -4.66. The monoisotopic (exact) mass is 326 g/mol. The van der Waals surface area contributed by atoms with Crippen LogP contribution in [0, 0.1) is 17.8 Å². The van der Waals surface area contributed by atoms with Crippen molar-refractivity contribution in [3.8, 4) is 0 Å². The van der Waals surface area contributed by atoms with Crippen LogP contribution in [0.2, 0.25) is 0 Å². The Hall–Kier alpha value is -1.27. The number of alkyl halides is 3. The van der Waals surface area contributed by atoms with Gasteiger partial charge in [0.15, 0.2) is 6.10 Å². The average Bonchev–Trinajstić information content (AvgIpc) is 2.29. The molecule has 130 valence electrons. The van der Waals surface area contributed by atoms with Crippen LogP contribution in [0.25, 0.3) is 0 Å². The summed E-state index contributed by atoms with van der Waals surface area (Å²) in [6.45, 7) is 7.25. The molecule has 0 aliphatic heterocycles. The zero-order valence-electron chi connectivity index (χ0n) is 13.4. The molecule has 0 aliphatic carbocycles. The maximum absolute atomic E-state index is 13.2. The van der Waals surface area contributed by atoms with Gasteiger partial charge in [0.05, 0.1) is 12.8 Å². The first-order chi connectivity index (χ1) is 9.93.